The first-order chi connectivity index (χ1) is 21.6. The molecule has 6 atom stereocenters. The Morgan fingerprint density at radius 3 is 1.80 bits per heavy atom. The fourth-order valence-electron chi connectivity index (χ4n) is 5.01. The lowest BCUT2D eigenvalue weighted by molar-refractivity contribution is -0.137. The summed E-state index contributed by atoms with van der Waals surface area (Å²) in [6.45, 7) is 17.9. The van der Waals surface area contributed by atoms with E-state index in [4.69, 9.17) is 5.11 Å². The number of rotatable bonds is 24. The number of hydrogen-bond donors (Lipinski definition) is 7. The van der Waals surface area contributed by atoms with Gasteiger partial charge in [-0.3, -0.25) is 28.8 Å². The van der Waals surface area contributed by atoms with Gasteiger partial charge < -0.3 is 37.0 Å². The zero-order valence-corrected chi connectivity index (χ0v) is 29.6. The van der Waals surface area contributed by atoms with Gasteiger partial charge in [-0.1, -0.05) is 68.2 Å². The lowest BCUT2D eigenvalue weighted by Gasteiger charge is -2.29. The van der Waals surface area contributed by atoms with Gasteiger partial charge in [0, 0.05) is 32.0 Å². The van der Waals surface area contributed by atoms with E-state index in [0.717, 1.165) is 0 Å². The van der Waals surface area contributed by atoms with Gasteiger partial charge in [0.1, 0.15) is 18.1 Å². The summed E-state index contributed by atoms with van der Waals surface area (Å²) < 4.78 is 0. The van der Waals surface area contributed by atoms with Crippen molar-refractivity contribution in [1.29, 1.82) is 0 Å². The van der Waals surface area contributed by atoms with E-state index in [1.807, 2.05) is 62.3 Å². The zero-order valence-electron chi connectivity index (χ0n) is 29.6. The molecule has 5 amide bonds. The van der Waals surface area contributed by atoms with Crippen molar-refractivity contribution in [3.05, 3.63) is 0 Å². The molecule has 0 aromatic rings. The molecule has 0 saturated carbocycles. The summed E-state index contributed by atoms with van der Waals surface area (Å²) >= 11 is 0. The van der Waals surface area contributed by atoms with E-state index in [0.29, 0.717) is 45.2 Å². The summed E-state index contributed by atoms with van der Waals surface area (Å²) in [4.78, 5) is 75.8. The summed E-state index contributed by atoms with van der Waals surface area (Å²) in [5.41, 5.74) is 0. The van der Waals surface area contributed by atoms with Crippen molar-refractivity contribution in [1.82, 2.24) is 31.9 Å². The van der Waals surface area contributed by atoms with Crippen molar-refractivity contribution < 1.29 is 33.9 Å². The maximum Gasteiger partial charge on any atom is 0.303 e. The molecule has 0 rings (SSSR count). The second-order valence-corrected chi connectivity index (χ2v) is 12.9. The SMILES string of the molecule is CCC[C@H](NC(=O)[C@@H](NC(=O)CCCC(=O)O)[C@@H](C)CC)C(=O)N[C@H](CN[C@@H](CC)C(=O)N[C@H](C(=O)NCC)C(C)C)CC(C)C. The molecule has 13 heteroatoms. The topological polar surface area (TPSA) is 195 Å². The lowest BCUT2D eigenvalue weighted by Crippen LogP contribution is -2.58. The van der Waals surface area contributed by atoms with Gasteiger partial charge in [0.2, 0.25) is 29.5 Å². The fraction of sp³-hybridized carbons (Fsp3) is 0.818. The van der Waals surface area contributed by atoms with Crippen molar-refractivity contribution in [2.24, 2.45) is 17.8 Å². The quantitative estimate of drug-likeness (QED) is 0.0823. The van der Waals surface area contributed by atoms with Crippen molar-refractivity contribution in [2.45, 2.75) is 144 Å². The molecule has 0 radical (unpaired) electrons. The molecule has 0 aliphatic heterocycles. The largest absolute Gasteiger partial charge is 0.481 e. The molecule has 0 aliphatic carbocycles. The minimum absolute atomic E-state index is 0.0177. The number of hydrogen-bond acceptors (Lipinski definition) is 7. The normalized spacial score (nSPS) is 15.2. The minimum Gasteiger partial charge on any atom is -0.481 e. The molecule has 46 heavy (non-hydrogen) atoms. The minimum atomic E-state index is -0.992. The Hall–Kier alpha value is -3.22. The van der Waals surface area contributed by atoms with Gasteiger partial charge in [0.25, 0.3) is 0 Å². The second-order valence-electron chi connectivity index (χ2n) is 12.9. The molecule has 0 aromatic heterocycles. The number of amides is 5. The van der Waals surface area contributed by atoms with Crippen LogP contribution >= 0.6 is 0 Å². The van der Waals surface area contributed by atoms with Crippen LogP contribution in [0.15, 0.2) is 0 Å². The van der Waals surface area contributed by atoms with Crippen LogP contribution in [0.5, 0.6) is 0 Å². The molecular formula is C33H62N6O7. The molecule has 0 spiro atoms. The van der Waals surface area contributed by atoms with Crippen molar-refractivity contribution in [3.8, 4) is 0 Å². The predicted octanol–water partition coefficient (Wildman–Crippen LogP) is 2.23. The van der Waals surface area contributed by atoms with Crippen molar-refractivity contribution in [3.63, 3.8) is 0 Å². The van der Waals surface area contributed by atoms with E-state index < -0.39 is 42.0 Å². The number of aliphatic carboxylic acids is 1. The Balaban J connectivity index is 5.62. The van der Waals surface area contributed by atoms with Crippen LogP contribution in [0.25, 0.3) is 0 Å². The Labute approximate surface area is 275 Å². The number of nitrogens with one attached hydrogen (secondary N) is 6. The molecule has 0 saturated heterocycles. The van der Waals surface area contributed by atoms with Gasteiger partial charge in [-0.05, 0) is 50.4 Å². The van der Waals surface area contributed by atoms with Crippen LogP contribution < -0.4 is 31.9 Å². The van der Waals surface area contributed by atoms with Crippen LogP contribution in [0, 0.1) is 17.8 Å². The molecule has 266 valence electrons. The molecular weight excluding hydrogens is 592 g/mol. The Kier molecular flexibility index (Phi) is 21.5. The molecule has 0 aromatic carbocycles. The average molecular weight is 655 g/mol. The molecule has 0 fully saturated rings. The van der Waals surface area contributed by atoms with E-state index in [1.165, 1.54) is 0 Å². The fourth-order valence-corrected chi connectivity index (χ4v) is 5.01. The summed E-state index contributed by atoms with van der Waals surface area (Å²) in [5, 5.41) is 26.4. The lowest BCUT2D eigenvalue weighted by atomic mass is 9.97. The van der Waals surface area contributed by atoms with Crippen LogP contribution in [0.2, 0.25) is 0 Å². The van der Waals surface area contributed by atoms with Gasteiger partial charge in [-0.2, -0.15) is 0 Å². The predicted molar refractivity (Wildman–Crippen MR) is 179 cm³/mol. The number of carbonyl (C=O) groups is 6. The smallest absolute Gasteiger partial charge is 0.303 e. The van der Waals surface area contributed by atoms with Gasteiger partial charge in [-0.15, -0.1) is 0 Å². The molecule has 13 nitrogen and oxygen atoms in total. The molecule has 0 unspecified atom stereocenters. The summed E-state index contributed by atoms with van der Waals surface area (Å²) in [6, 6.07) is -3.29. The number of likely N-dealkylation sites (N-methyl/N-ethyl adjacent to an activating group) is 1. The monoisotopic (exact) mass is 654 g/mol. The van der Waals surface area contributed by atoms with E-state index in [1.54, 1.807) is 0 Å². The number of carboxylic acids is 1. The first-order valence-corrected chi connectivity index (χ1v) is 17.0. The highest BCUT2D eigenvalue weighted by Crippen LogP contribution is 2.12. The first-order valence-electron chi connectivity index (χ1n) is 17.0. The standard InChI is InChI=1S/C33H62N6O7/c1-10-15-25(37-33(46)29(22(9)11-2)38-26(40)16-14-17-27(41)42)31(44)36-23(18-20(5)6)19-35-24(12-3)30(43)39-28(21(7)8)32(45)34-13-4/h20-25,28-29,35H,10-19H2,1-9H3,(H,34,45)(H,36,44)(H,37,46)(H,38,40)(H,39,43)(H,41,42)/t22-,23-,24-,25-,28-,29-/m0/s1. The van der Waals surface area contributed by atoms with Crippen LogP contribution in [-0.2, 0) is 28.8 Å². The van der Waals surface area contributed by atoms with Crippen LogP contribution in [0.1, 0.15) is 114 Å². The van der Waals surface area contributed by atoms with Crippen LogP contribution in [-0.4, -0.2) is 83.9 Å². The third-order valence-corrected chi connectivity index (χ3v) is 7.85. The van der Waals surface area contributed by atoms with Gasteiger partial charge >= 0.3 is 5.97 Å². The second kappa shape index (κ2) is 23.2. The maximum atomic E-state index is 13.5. The van der Waals surface area contributed by atoms with Crippen LogP contribution in [0.3, 0.4) is 0 Å². The highest BCUT2D eigenvalue weighted by molar-refractivity contribution is 5.92. The number of carbonyl (C=O) groups excluding carboxylic acids is 5. The summed E-state index contributed by atoms with van der Waals surface area (Å²) in [6.07, 6.45) is 2.72. The van der Waals surface area contributed by atoms with Crippen molar-refractivity contribution >= 4 is 35.5 Å². The summed E-state index contributed by atoms with van der Waals surface area (Å²) in [7, 11) is 0. The van der Waals surface area contributed by atoms with Gasteiger partial charge in [-0.25, -0.2) is 0 Å². The third-order valence-electron chi connectivity index (χ3n) is 7.85. The van der Waals surface area contributed by atoms with E-state index >= 15 is 0 Å². The maximum absolute atomic E-state index is 13.5. The van der Waals surface area contributed by atoms with Crippen LogP contribution in [0.4, 0.5) is 0 Å². The third kappa shape index (κ3) is 16.9. The average Bonchev–Trinajstić information content (AvgIpc) is 2.97. The molecule has 0 bridgehead atoms. The molecule has 0 heterocycles. The number of carboxylic acid groups (broad SMARTS) is 1. The van der Waals surface area contributed by atoms with E-state index in [9.17, 15) is 28.8 Å². The molecule has 0 aliphatic rings. The summed E-state index contributed by atoms with van der Waals surface area (Å²) in [5.74, 6) is -2.84. The first kappa shape index (κ1) is 42.8. The Morgan fingerprint density at radius 1 is 0.674 bits per heavy atom. The van der Waals surface area contributed by atoms with Crippen molar-refractivity contribution in [2.75, 3.05) is 13.1 Å². The van der Waals surface area contributed by atoms with Gasteiger partial charge in [0.15, 0.2) is 0 Å². The van der Waals surface area contributed by atoms with Gasteiger partial charge in [0.05, 0.1) is 6.04 Å². The Morgan fingerprint density at radius 2 is 1.30 bits per heavy atom. The highest BCUT2D eigenvalue weighted by atomic mass is 16.4. The zero-order chi connectivity index (χ0) is 35.4. The highest BCUT2D eigenvalue weighted by Gasteiger charge is 2.31. The van der Waals surface area contributed by atoms with E-state index in [2.05, 4.69) is 31.9 Å². The van der Waals surface area contributed by atoms with E-state index in [-0.39, 0.29) is 60.8 Å². The molecule has 7 N–H and O–H groups in total. The Bertz CT molecular complexity index is 974.